The highest BCUT2D eigenvalue weighted by atomic mass is 32.2. The summed E-state index contributed by atoms with van der Waals surface area (Å²) in [7, 11) is 0. The molecule has 142 valence electrons. The third kappa shape index (κ3) is 2.95. The molecule has 2 heterocycles. The van der Waals surface area contributed by atoms with Crippen molar-refractivity contribution in [2.75, 3.05) is 10.2 Å². The van der Waals surface area contributed by atoms with E-state index in [9.17, 15) is 14.4 Å². The number of nitrogens with one attached hydrogen (secondary N) is 2. The van der Waals surface area contributed by atoms with Gasteiger partial charge in [-0.3, -0.25) is 19.1 Å². The molecule has 4 rings (SSSR count). The minimum Gasteiger partial charge on any atom is -0.322 e. The number of nitrogens with zero attached hydrogens (tertiary/aromatic N) is 3. The smallest absolute Gasteiger partial charge is 0.322 e. The largest absolute Gasteiger partial charge is 0.344 e. The second-order valence-electron chi connectivity index (χ2n) is 7.38. The van der Waals surface area contributed by atoms with Crippen LogP contribution in [0.15, 0.2) is 34.2 Å². The Balaban J connectivity index is 1.65. The van der Waals surface area contributed by atoms with Crippen molar-refractivity contribution < 1.29 is 9.59 Å². The SMILES string of the molecule is C[C@@H](Sc1n[nH]c(=O)n1C1CC1)C(=O)N1c2ccccc2NC(=O)C1(C)C. The van der Waals surface area contributed by atoms with Crippen molar-refractivity contribution in [1.82, 2.24) is 14.8 Å². The zero-order chi connectivity index (χ0) is 19.3. The van der Waals surface area contributed by atoms with Gasteiger partial charge in [-0.1, -0.05) is 23.9 Å². The Bertz CT molecular complexity index is 975. The molecule has 2 amide bonds. The lowest BCUT2D eigenvalue weighted by atomic mass is 9.96. The van der Waals surface area contributed by atoms with Gasteiger partial charge in [0, 0.05) is 6.04 Å². The number of thioether (sulfide) groups is 1. The number of anilines is 2. The highest BCUT2D eigenvalue weighted by Crippen LogP contribution is 2.40. The molecule has 1 atom stereocenters. The number of fused-ring (bicyclic) bond motifs is 1. The molecule has 0 unspecified atom stereocenters. The Morgan fingerprint density at radius 2 is 2.00 bits per heavy atom. The van der Waals surface area contributed by atoms with E-state index in [1.165, 1.54) is 11.8 Å². The number of rotatable bonds is 4. The summed E-state index contributed by atoms with van der Waals surface area (Å²) in [5.41, 5.74) is 0.00741. The minimum absolute atomic E-state index is 0.166. The number of aromatic nitrogens is 3. The molecule has 2 aliphatic rings. The Hall–Kier alpha value is -2.55. The van der Waals surface area contributed by atoms with E-state index in [1.54, 1.807) is 36.3 Å². The molecule has 1 aromatic heterocycles. The van der Waals surface area contributed by atoms with Crippen LogP contribution in [0.5, 0.6) is 0 Å². The van der Waals surface area contributed by atoms with Crippen LogP contribution in [0.3, 0.4) is 0 Å². The molecule has 1 fully saturated rings. The van der Waals surface area contributed by atoms with Crippen molar-refractivity contribution in [3.8, 4) is 0 Å². The fraction of sp³-hybridized carbons (Fsp3) is 0.444. The topological polar surface area (TPSA) is 100 Å². The van der Waals surface area contributed by atoms with Crippen LogP contribution in [0.2, 0.25) is 0 Å². The fourth-order valence-corrected chi connectivity index (χ4v) is 4.23. The van der Waals surface area contributed by atoms with Gasteiger partial charge in [0.05, 0.1) is 16.6 Å². The highest BCUT2D eigenvalue weighted by molar-refractivity contribution is 8.00. The lowest BCUT2D eigenvalue weighted by molar-refractivity contribution is -0.126. The van der Waals surface area contributed by atoms with E-state index >= 15 is 0 Å². The van der Waals surface area contributed by atoms with E-state index in [2.05, 4.69) is 15.5 Å². The predicted octanol–water partition coefficient (Wildman–Crippen LogP) is 2.15. The molecular weight excluding hydrogens is 366 g/mol. The Morgan fingerprint density at radius 3 is 2.70 bits per heavy atom. The first kappa shape index (κ1) is 17.8. The number of hydrogen-bond donors (Lipinski definition) is 2. The van der Waals surface area contributed by atoms with Crippen LogP contribution in [-0.4, -0.2) is 37.4 Å². The average Bonchev–Trinajstić information content (AvgIpc) is 3.39. The van der Waals surface area contributed by atoms with Crippen LogP contribution < -0.4 is 15.9 Å². The molecule has 2 aromatic rings. The van der Waals surface area contributed by atoms with E-state index in [1.807, 2.05) is 18.2 Å². The normalized spacial score (nSPS) is 19.4. The number of carbonyl (C=O) groups is 2. The average molecular weight is 387 g/mol. The Morgan fingerprint density at radius 1 is 1.30 bits per heavy atom. The maximum atomic E-state index is 13.3. The second kappa shape index (κ2) is 6.26. The molecule has 9 heteroatoms. The first-order valence-electron chi connectivity index (χ1n) is 8.89. The minimum atomic E-state index is -1.03. The number of carbonyl (C=O) groups excluding carboxylic acids is 2. The predicted molar refractivity (Wildman–Crippen MR) is 103 cm³/mol. The number of aromatic amines is 1. The van der Waals surface area contributed by atoms with Crippen molar-refractivity contribution in [2.24, 2.45) is 0 Å². The number of hydrogen-bond acceptors (Lipinski definition) is 5. The van der Waals surface area contributed by atoms with Gasteiger partial charge in [-0.05, 0) is 45.7 Å². The van der Waals surface area contributed by atoms with Crippen molar-refractivity contribution in [3.05, 3.63) is 34.7 Å². The lowest BCUT2D eigenvalue weighted by Gasteiger charge is -2.43. The summed E-state index contributed by atoms with van der Waals surface area (Å²) < 4.78 is 1.62. The number of benzene rings is 1. The van der Waals surface area contributed by atoms with Gasteiger partial charge in [-0.25, -0.2) is 9.89 Å². The van der Waals surface area contributed by atoms with E-state index in [0.717, 1.165) is 12.8 Å². The zero-order valence-electron chi connectivity index (χ0n) is 15.4. The molecule has 0 bridgehead atoms. The third-order valence-corrected chi connectivity index (χ3v) is 6.00. The summed E-state index contributed by atoms with van der Waals surface area (Å²) in [4.78, 5) is 39.4. The maximum absolute atomic E-state index is 13.3. The molecule has 0 saturated heterocycles. The standard InChI is InChI=1S/C18H21N5O3S/c1-10(27-17-21-20-16(26)22(17)11-8-9-11)14(24)23-13-7-5-4-6-12(13)19-15(25)18(23,2)3/h4-7,10-11H,8-9H2,1-3H3,(H,19,25)(H,20,26)/t10-/m1/s1. The van der Waals surface area contributed by atoms with Crippen LogP contribution >= 0.6 is 11.8 Å². The maximum Gasteiger partial charge on any atom is 0.344 e. The summed E-state index contributed by atoms with van der Waals surface area (Å²) in [5.74, 6) is -0.438. The van der Waals surface area contributed by atoms with Gasteiger partial charge in [0.1, 0.15) is 5.54 Å². The molecule has 8 nitrogen and oxygen atoms in total. The molecule has 1 saturated carbocycles. The van der Waals surface area contributed by atoms with Crippen molar-refractivity contribution in [1.29, 1.82) is 0 Å². The van der Waals surface area contributed by atoms with Gasteiger partial charge in [-0.15, -0.1) is 5.10 Å². The fourth-order valence-electron chi connectivity index (χ4n) is 3.26. The number of para-hydroxylation sites is 2. The Kier molecular flexibility index (Phi) is 4.14. The van der Waals surface area contributed by atoms with E-state index < -0.39 is 10.8 Å². The summed E-state index contributed by atoms with van der Waals surface area (Å²) >= 11 is 1.24. The van der Waals surface area contributed by atoms with Crippen LogP contribution in [0.25, 0.3) is 0 Å². The van der Waals surface area contributed by atoms with Gasteiger partial charge in [-0.2, -0.15) is 0 Å². The van der Waals surface area contributed by atoms with Crippen molar-refractivity contribution in [2.45, 2.75) is 55.6 Å². The van der Waals surface area contributed by atoms with Gasteiger partial charge < -0.3 is 5.32 Å². The lowest BCUT2D eigenvalue weighted by Crippen LogP contribution is -2.60. The molecular formula is C18H21N5O3S. The first-order chi connectivity index (χ1) is 12.8. The van der Waals surface area contributed by atoms with Gasteiger partial charge in [0.2, 0.25) is 11.8 Å². The summed E-state index contributed by atoms with van der Waals surface area (Å²) in [6.07, 6.45) is 1.89. The van der Waals surface area contributed by atoms with E-state index in [-0.39, 0.29) is 23.5 Å². The second-order valence-corrected chi connectivity index (χ2v) is 8.68. The van der Waals surface area contributed by atoms with Gasteiger partial charge in [0.15, 0.2) is 5.16 Å². The molecule has 0 spiro atoms. The first-order valence-corrected chi connectivity index (χ1v) is 9.77. The van der Waals surface area contributed by atoms with Crippen LogP contribution in [0, 0.1) is 0 Å². The third-order valence-electron chi connectivity index (χ3n) is 4.94. The molecule has 0 radical (unpaired) electrons. The van der Waals surface area contributed by atoms with E-state index in [4.69, 9.17) is 0 Å². The summed E-state index contributed by atoms with van der Waals surface area (Å²) in [6, 6.07) is 7.41. The zero-order valence-corrected chi connectivity index (χ0v) is 16.2. The molecule has 1 aromatic carbocycles. The summed E-state index contributed by atoms with van der Waals surface area (Å²) in [5, 5.41) is 9.40. The number of H-pyrrole nitrogens is 1. The molecule has 1 aliphatic heterocycles. The molecule has 27 heavy (non-hydrogen) atoms. The van der Waals surface area contributed by atoms with Gasteiger partial charge >= 0.3 is 5.69 Å². The van der Waals surface area contributed by atoms with Crippen LogP contribution in [0.4, 0.5) is 11.4 Å². The number of amides is 2. The van der Waals surface area contributed by atoms with Crippen LogP contribution in [0.1, 0.15) is 39.7 Å². The van der Waals surface area contributed by atoms with Gasteiger partial charge in [0.25, 0.3) is 0 Å². The molecule has 1 aliphatic carbocycles. The molecule has 2 N–H and O–H groups in total. The monoisotopic (exact) mass is 387 g/mol. The van der Waals surface area contributed by atoms with Crippen molar-refractivity contribution >= 4 is 35.0 Å². The van der Waals surface area contributed by atoms with E-state index in [0.29, 0.717) is 16.5 Å². The quantitative estimate of drug-likeness (QED) is 0.783. The highest BCUT2D eigenvalue weighted by Gasteiger charge is 2.45. The Labute approximate surface area is 160 Å². The summed E-state index contributed by atoms with van der Waals surface area (Å²) in [6.45, 7) is 5.22. The van der Waals surface area contributed by atoms with Crippen molar-refractivity contribution in [3.63, 3.8) is 0 Å². The van der Waals surface area contributed by atoms with Crippen LogP contribution in [-0.2, 0) is 9.59 Å².